The van der Waals surface area contributed by atoms with Gasteiger partial charge in [-0.3, -0.25) is 9.59 Å². The summed E-state index contributed by atoms with van der Waals surface area (Å²) in [5.74, 6) is -1.08. The van der Waals surface area contributed by atoms with Gasteiger partial charge in [0.2, 0.25) is 0 Å². The third-order valence-corrected chi connectivity index (χ3v) is 7.94. The molecule has 34 heavy (non-hydrogen) atoms. The molecule has 0 bridgehead atoms. The summed E-state index contributed by atoms with van der Waals surface area (Å²) in [7, 11) is 0. The summed E-state index contributed by atoms with van der Waals surface area (Å²) in [5, 5.41) is 19.4. The van der Waals surface area contributed by atoms with Crippen molar-refractivity contribution in [3.8, 4) is 0 Å². The Morgan fingerprint density at radius 2 is 1.44 bits per heavy atom. The van der Waals surface area contributed by atoms with Crippen LogP contribution in [0.4, 0.5) is 0 Å². The summed E-state index contributed by atoms with van der Waals surface area (Å²) in [6.45, 7) is 8.91. The number of ether oxygens (including phenoxy) is 3. The second-order valence-corrected chi connectivity index (χ2v) is 10.4. The molecular weight excluding hydrogens is 436 g/mol. The molecule has 0 aromatic carbocycles. The lowest BCUT2D eigenvalue weighted by molar-refractivity contribution is -0.154. The monoisotopic (exact) mass is 484 g/mol. The summed E-state index contributed by atoms with van der Waals surface area (Å²) in [6.07, 6.45) is 10.0. The van der Waals surface area contributed by atoms with E-state index in [9.17, 15) is 14.7 Å². The van der Waals surface area contributed by atoms with Crippen molar-refractivity contribution in [2.45, 2.75) is 141 Å². The number of esters is 1. The number of aliphatic hydroxyl groups is 1. The van der Waals surface area contributed by atoms with E-state index in [1.54, 1.807) is 0 Å². The molecule has 2 heterocycles. The first-order valence-electron chi connectivity index (χ1n) is 13.6. The number of aliphatic carboxylic acids is 1. The van der Waals surface area contributed by atoms with Crippen molar-refractivity contribution in [1.29, 1.82) is 0 Å². The molecule has 0 spiro atoms. The lowest BCUT2D eigenvalue weighted by Crippen LogP contribution is -2.41. The Bertz CT molecular complexity index is 621. The zero-order valence-corrected chi connectivity index (χ0v) is 21.9. The first kappa shape index (κ1) is 29.1. The van der Waals surface area contributed by atoms with Gasteiger partial charge in [0.1, 0.15) is 0 Å². The number of epoxide rings is 2. The average Bonchev–Trinajstić information content (AvgIpc) is 3.69. The molecule has 0 aromatic rings. The number of unbranched alkanes of at least 4 members (excludes halogenated alkanes) is 2. The molecule has 0 aliphatic carbocycles. The van der Waals surface area contributed by atoms with Crippen molar-refractivity contribution >= 4 is 11.9 Å². The standard InChI is InChI=1S/C27H48O7/c1-5-13-21-26(7-3,33-21)19-25(24(30)31,20-27(8-4)22(34-27)14-6-2)16-12-15-23(29)32-18-11-9-10-17-28/h21-22,28H,5-20H2,1-4H3,(H,30,31). The fraction of sp³-hybridized carbons (Fsp3) is 0.926. The van der Waals surface area contributed by atoms with Gasteiger partial charge in [0.15, 0.2) is 0 Å². The Kier molecular flexibility index (Phi) is 11.3. The van der Waals surface area contributed by atoms with Crippen LogP contribution in [0.2, 0.25) is 0 Å². The van der Waals surface area contributed by atoms with Crippen LogP contribution in [0.5, 0.6) is 0 Å². The maximum atomic E-state index is 12.9. The van der Waals surface area contributed by atoms with E-state index in [0.717, 1.165) is 51.4 Å². The Hall–Kier alpha value is -1.18. The highest BCUT2D eigenvalue weighted by atomic mass is 16.6. The van der Waals surface area contributed by atoms with Gasteiger partial charge in [0.05, 0.1) is 35.4 Å². The second kappa shape index (κ2) is 13.2. The van der Waals surface area contributed by atoms with Crippen LogP contribution < -0.4 is 0 Å². The predicted molar refractivity (Wildman–Crippen MR) is 131 cm³/mol. The summed E-state index contributed by atoms with van der Waals surface area (Å²) in [5.41, 5.74) is -1.75. The van der Waals surface area contributed by atoms with Crippen LogP contribution >= 0.6 is 0 Å². The summed E-state index contributed by atoms with van der Waals surface area (Å²) in [6, 6.07) is 0. The SMILES string of the molecule is CCCC1OC1(CC)CC(CCCC(=O)OCCCCCO)(CC1(CC)OC1CCC)C(=O)O. The molecule has 2 rings (SSSR count). The summed E-state index contributed by atoms with van der Waals surface area (Å²) < 4.78 is 17.6. The lowest BCUT2D eigenvalue weighted by atomic mass is 9.67. The Morgan fingerprint density at radius 3 is 1.88 bits per heavy atom. The Morgan fingerprint density at radius 1 is 0.882 bits per heavy atom. The maximum Gasteiger partial charge on any atom is 0.309 e. The Balaban J connectivity index is 2.08. The quantitative estimate of drug-likeness (QED) is 0.135. The molecule has 7 heteroatoms. The van der Waals surface area contributed by atoms with Gasteiger partial charge in [0, 0.05) is 13.0 Å². The third kappa shape index (κ3) is 7.41. The zero-order chi connectivity index (χ0) is 25.2. The molecule has 2 N–H and O–H groups in total. The molecule has 7 nitrogen and oxygen atoms in total. The van der Waals surface area contributed by atoms with Crippen LogP contribution in [0, 0.1) is 5.41 Å². The normalized spacial score (nSPS) is 29.4. The highest BCUT2D eigenvalue weighted by Gasteiger charge is 2.64. The van der Waals surface area contributed by atoms with E-state index in [4.69, 9.17) is 19.3 Å². The minimum Gasteiger partial charge on any atom is -0.481 e. The largest absolute Gasteiger partial charge is 0.481 e. The van der Waals surface area contributed by atoms with Gasteiger partial charge in [-0.15, -0.1) is 0 Å². The summed E-state index contributed by atoms with van der Waals surface area (Å²) >= 11 is 0. The number of carbonyl (C=O) groups excluding carboxylic acids is 1. The van der Waals surface area contributed by atoms with Crippen LogP contribution in [-0.4, -0.2) is 58.8 Å². The number of carboxylic acid groups (broad SMARTS) is 1. The average molecular weight is 485 g/mol. The molecule has 0 amide bonds. The first-order valence-corrected chi connectivity index (χ1v) is 13.6. The van der Waals surface area contributed by atoms with Crippen LogP contribution in [0.1, 0.15) is 118 Å². The molecular formula is C27H48O7. The number of hydrogen-bond acceptors (Lipinski definition) is 6. The number of hydrogen-bond donors (Lipinski definition) is 2. The van der Waals surface area contributed by atoms with Crippen molar-refractivity contribution in [3.63, 3.8) is 0 Å². The van der Waals surface area contributed by atoms with Crippen molar-refractivity contribution in [2.75, 3.05) is 13.2 Å². The van der Waals surface area contributed by atoms with Crippen LogP contribution in [0.15, 0.2) is 0 Å². The molecule has 2 aliphatic heterocycles. The second-order valence-electron chi connectivity index (χ2n) is 10.4. The number of carboxylic acids is 1. The fourth-order valence-electron chi connectivity index (χ4n) is 5.71. The highest BCUT2D eigenvalue weighted by Crippen LogP contribution is 2.57. The van der Waals surface area contributed by atoms with Crippen molar-refractivity contribution < 1.29 is 34.0 Å². The first-order chi connectivity index (χ1) is 16.3. The molecule has 2 fully saturated rings. The third-order valence-electron chi connectivity index (χ3n) is 7.94. The van der Waals surface area contributed by atoms with E-state index < -0.39 is 11.4 Å². The maximum absolute atomic E-state index is 12.9. The van der Waals surface area contributed by atoms with E-state index in [1.165, 1.54) is 0 Å². The molecule has 4 atom stereocenters. The minimum atomic E-state index is -0.988. The predicted octanol–water partition coefficient (Wildman–Crippen LogP) is 5.41. The van der Waals surface area contributed by atoms with E-state index in [-0.39, 0.29) is 42.4 Å². The van der Waals surface area contributed by atoms with Gasteiger partial charge < -0.3 is 24.4 Å². The van der Waals surface area contributed by atoms with Gasteiger partial charge >= 0.3 is 11.9 Å². The topological polar surface area (TPSA) is 109 Å². The highest BCUT2D eigenvalue weighted by molar-refractivity contribution is 5.75. The van der Waals surface area contributed by atoms with Crippen molar-refractivity contribution in [1.82, 2.24) is 0 Å². The smallest absolute Gasteiger partial charge is 0.309 e. The molecule has 0 radical (unpaired) electrons. The Labute approximate surface area is 205 Å². The minimum absolute atomic E-state index is 0.120. The van der Waals surface area contributed by atoms with Crippen molar-refractivity contribution in [3.05, 3.63) is 0 Å². The van der Waals surface area contributed by atoms with Gasteiger partial charge in [-0.2, -0.15) is 0 Å². The van der Waals surface area contributed by atoms with E-state index in [1.807, 2.05) is 0 Å². The number of carbonyl (C=O) groups is 2. The zero-order valence-electron chi connectivity index (χ0n) is 21.9. The van der Waals surface area contributed by atoms with Gasteiger partial charge in [-0.25, -0.2) is 0 Å². The van der Waals surface area contributed by atoms with E-state index in [2.05, 4.69) is 27.7 Å². The molecule has 0 saturated carbocycles. The summed E-state index contributed by atoms with van der Waals surface area (Å²) in [4.78, 5) is 25.1. The fourth-order valence-corrected chi connectivity index (χ4v) is 5.71. The van der Waals surface area contributed by atoms with Crippen LogP contribution in [0.25, 0.3) is 0 Å². The van der Waals surface area contributed by atoms with E-state index in [0.29, 0.717) is 38.7 Å². The molecule has 4 unspecified atom stereocenters. The molecule has 2 aliphatic rings. The van der Waals surface area contributed by atoms with Gasteiger partial charge in [-0.1, -0.05) is 40.5 Å². The van der Waals surface area contributed by atoms with E-state index >= 15 is 0 Å². The lowest BCUT2D eigenvalue weighted by Gasteiger charge is -2.34. The number of rotatable bonds is 20. The number of aliphatic hydroxyl groups excluding tert-OH is 1. The van der Waals surface area contributed by atoms with Gasteiger partial charge in [0.25, 0.3) is 0 Å². The van der Waals surface area contributed by atoms with Crippen LogP contribution in [0.3, 0.4) is 0 Å². The molecule has 198 valence electrons. The van der Waals surface area contributed by atoms with Crippen LogP contribution in [-0.2, 0) is 23.8 Å². The van der Waals surface area contributed by atoms with Crippen molar-refractivity contribution in [2.24, 2.45) is 5.41 Å². The molecule has 0 aromatic heterocycles. The molecule has 2 saturated heterocycles. The van der Waals surface area contributed by atoms with Gasteiger partial charge in [-0.05, 0) is 70.6 Å².